The van der Waals surface area contributed by atoms with Gasteiger partial charge in [0.2, 0.25) is 0 Å². The molecule has 0 saturated carbocycles. The van der Waals surface area contributed by atoms with Gasteiger partial charge in [-0.2, -0.15) is 0 Å². The molecular formula is C21H28FN3O2. The van der Waals surface area contributed by atoms with E-state index in [1.165, 1.54) is 18.9 Å². The predicted octanol–water partition coefficient (Wildman–Crippen LogP) is 3.83. The fraction of sp³-hybridized carbons (Fsp3) is 0.476. The molecule has 1 aliphatic rings. The third kappa shape index (κ3) is 4.89. The first-order valence-corrected chi connectivity index (χ1v) is 9.51. The van der Waals surface area contributed by atoms with Crippen LogP contribution in [0.4, 0.5) is 9.18 Å². The van der Waals surface area contributed by atoms with E-state index in [1.54, 1.807) is 18.4 Å². The summed E-state index contributed by atoms with van der Waals surface area (Å²) in [6, 6.07) is 10.3. The molecule has 146 valence electrons. The van der Waals surface area contributed by atoms with E-state index in [-0.39, 0.29) is 17.9 Å². The van der Waals surface area contributed by atoms with Crippen molar-refractivity contribution in [3.8, 4) is 0 Å². The molecule has 27 heavy (non-hydrogen) atoms. The Morgan fingerprint density at radius 1 is 1.19 bits per heavy atom. The molecular weight excluding hydrogens is 345 g/mol. The summed E-state index contributed by atoms with van der Waals surface area (Å²) in [4.78, 5) is 14.7. The zero-order chi connectivity index (χ0) is 19.3. The highest BCUT2D eigenvalue weighted by atomic mass is 19.1. The van der Waals surface area contributed by atoms with Gasteiger partial charge in [-0.25, -0.2) is 9.18 Å². The fourth-order valence-corrected chi connectivity index (χ4v) is 3.60. The summed E-state index contributed by atoms with van der Waals surface area (Å²) in [7, 11) is 0. The van der Waals surface area contributed by atoms with Gasteiger partial charge >= 0.3 is 6.03 Å². The largest absolute Gasteiger partial charge is 0.468 e. The molecule has 1 unspecified atom stereocenters. The summed E-state index contributed by atoms with van der Waals surface area (Å²) < 4.78 is 19.6. The van der Waals surface area contributed by atoms with Crippen LogP contribution in [0, 0.1) is 5.82 Å². The van der Waals surface area contributed by atoms with E-state index < -0.39 is 5.41 Å². The minimum Gasteiger partial charge on any atom is -0.468 e. The molecule has 0 spiro atoms. The predicted molar refractivity (Wildman–Crippen MR) is 103 cm³/mol. The fourth-order valence-electron chi connectivity index (χ4n) is 3.60. The van der Waals surface area contributed by atoms with E-state index in [4.69, 9.17) is 4.42 Å². The molecule has 1 aliphatic heterocycles. The molecule has 0 radical (unpaired) electrons. The summed E-state index contributed by atoms with van der Waals surface area (Å²) in [5.41, 5.74) is 0.0914. The Hall–Kier alpha value is -2.34. The second-order valence-electron chi connectivity index (χ2n) is 7.70. The first-order chi connectivity index (χ1) is 13.0. The Kier molecular flexibility index (Phi) is 6.16. The van der Waals surface area contributed by atoms with Crippen molar-refractivity contribution in [3.63, 3.8) is 0 Å². The van der Waals surface area contributed by atoms with Crippen molar-refractivity contribution in [2.24, 2.45) is 0 Å². The molecule has 6 heteroatoms. The van der Waals surface area contributed by atoms with Gasteiger partial charge in [0.25, 0.3) is 0 Å². The van der Waals surface area contributed by atoms with Crippen LogP contribution in [-0.4, -0.2) is 37.1 Å². The van der Waals surface area contributed by atoms with E-state index in [2.05, 4.69) is 15.5 Å². The van der Waals surface area contributed by atoms with Crippen molar-refractivity contribution in [2.75, 3.05) is 26.2 Å². The first kappa shape index (κ1) is 19.4. The van der Waals surface area contributed by atoms with Crippen LogP contribution < -0.4 is 10.6 Å². The second-order valence-corrected chi connectivity index (χ2v) is 7.70. The van der Waals surface area contributed by atoms with Crippen LogP contribution in [0.5, 0.6) is 0 Å². The zero-order valence-electron chi connectivity index (χ0n) is 16.0. The average Bonchev–Trinajstić information content (AvgIpc) is 3.35. The minimum atomic E-state index is -0.502. The summed E-state index contributed by atoms with van der Waals surface area (Å²) >= 11 is 0. The number of hydrogen-bond donors (Lipinski definition) is 2. The minimum absolute atomic E-state index is 0.0350. The van der Waals surface area contributed by atoms with Gasteiger partial charge in [0.15, 0.2) is 0 Å². The molecule has 1 aromatic heterocycles. The van der Waals surface area contributed by atoms with E-state index >= 15 is 0 Å². The Morgan fingerprint density at radius 2 is 1.93 bits per heavy atom. The maximum Gasteiger partial charge on any atom is 0.314 e. The van der Waals surface area contributed by atoms with Crippen LogP contribution in [0.2, 0.25) is 0 Å². The molecule has 2 N–H and O–H groups in total. The molecule has 1 saturated heterocycles. The van der Waals surface area contributed by atoms with E-state index in [9.17, 15) is 9.18 Å². The van der Waals surface area contributed by atoms with Crippen molar-refractivity contribution < 1.29 is 13.6 Å². The number of nitrogens with one attached hydrogen (secondary N) is 2. The van der Waals surface area contributed by atoms with Gasteiger partial charge in [-0.3, -0.25) is 4.90 Å². The van der Waals surface area contributed by atoms with Crippen molar-refractivity contribution in [3.05, 3.63) is 59.8 Å². The number of halogens is 1. The summed E-state index contributed by atoms with van der Waals surface area (Å²) in [6.07, 6.45) is 4.00. The van der Waals surface area contributed by atoms with E-state index in [0.29, 0.717) is 18.7 Å². The van der Waals surface area contributed by atoms with Crippen molar-refractivity contribution >= 4 is 6.03 Å². The molecule has 0 bridgehead atoms. The van der Waals surface area contributed by atoms with Gasteiger partial charge in [0.05, 0.1) is 12.3 Å². The smallest absolute Gasteiger partial charge is 0.314 e. The topological polar surface area (TPSA) is 57.5 Å². The van der Waals surface area contributed by atoms with Gasteiger partial charge < -0.3 is 15.1 Å². The van der Waals surface area contributed by atoms with Gasteiger partial charge in [0, 0.05) is 18.5 Å². The molecule has 0 aliphatic carbocycles. The number of furan rings is 1. The van der Waals surface area contributed by atoms with Crippen LogP contribution in [0.15, 0.2) is 47.1 Å². The standard InChI is InChI=1S/C21H28FN3O2/c1-21(2,16-8-3-4-9-17(16)22)15-24-20(26)23-14-18(19-10-7-13-27-19)25-11-5-6-12-25/h3-4,7-10,13,18H,5-6,11-12,14-15H2,1-2H3,(H2,23,24,26). The molecule has 1 atom stereocenters. The SMILES string of the molecule is CC(C)(CNC(=O)NCC(c1ccco1)N1CCCC1)c1ccccc1F. The van der Waals surface area contributed by atoms with Crippen LogP contribution in [0.1, 0.15) is 44.1 Å². The van der Waals surface area contributed by atoms with E-state index in [1.807, 2.05) is 32.0 Å². The Morgan fingerprint density at radius 3 is 2.59 bits per heavy atom. The number of nitrogens with zero attached hydrogens (tertiary/aromatic N) is 1. The van der Waals surface area contributed by atoms with Crippen molar-refractivity contribution in [1.82, 2.24) is 15.5 Å². The summed E-state index contributed by atoms with van der Waals surface area (Å²) in [6.45, 7) is 6.67. The molecule has 2 amide bonds. The highest BCUT2D eigenvalue weighted by molar-refractivity contribution is 5.74. The van der Waals surface area contributed by atoms with Gasteiger partial charge in [0.1, 0.15) is 11.6 Å². The van der Waals surface area contributed by atoms with Crippen molar-refractivity contribution in [1.29, 1.82) is 0 Å². The molecule has 1 fully saturated rings. The van der Waals surface area contributed by atoms with Crippen molar-refractivity contribution in [2.45, 2.75) is 38.1 Å². The highest BCUT2D eigenvalue weighted by Gasteiger charge is 2.27. The number of amides is 2. The van der Waals surface area contributed by atoms with Gasteiger partial charge in [-0.15, -0.1) is 0 Å². The number of carbonyl (C=O) groups is 1. The van der Waals surface area contributed by atoms with Crippen LogP contribution in [0.3, 0.4) is 0 Å². The molecule has 2 heterocycles. The first-order valence-electron chi connectivity index (χ1n) is 9.51. The Bertz CT molecular complexity index is 740. The third-order valence-electron chi connectivity index (χ3n) is 5.20. The second kappa shape index (κ2) is 8.57. The zero-order valence-corrected chi connectivity index (χ0v) is 16.0. The lowest BCUT2D eigenvalue weighted by atomic mass is 9.84. The summed E-state index contributed by atoms with van der Waals surface area (Å²) in [5.74, 6) is 0.612. The normalized spacial score (nSPS) is 16.3. The number of hydrogen-bond acceptors (Lipinski definition) is 3. The number of urea groups is 1. The number of carbonyl (C=O) groups excluding carboxylic acids is 1. The van der Waals surface area contributed by atoms with Crippen LogP contribution >= 0.6 is 0 Å². The molecule has 3 rings (SSSR count). The number of benzene rings is 1. The van der Waals surface area contributed by atoms with E-state index in [0.717, 1.165) is 18.8 Å². The highest BCUT2D eigenvalue weighted by Crippen LogP contribution is 2.26. The lowest BCUT2D eigenvalue weighted by Gasteiger charge is -2.28. The maximum absolute atomic E-state index is 14.0. The molecule has 2 aromatic rings. The molecule has 1 aromatic carbocycles. The summed E-state index contributed by atoms with van der Waals surface area (Å²) in [5, 5.41) is 5.82. The Balaban J connectivity index is 1.54. The van der Waals surface area contributed by atoms with Gasteiger partial charge in [-0.05, 0) is 49.7 Å². The quantitative estimate of drug-likeness (QED) is 0.775. The average molecular weight is 373 g/mol. The monoisotopic (exact) mass is 373 g/mol. The van der Waals surface area contributed by atoms with Crippen LogP contribution in [-0.2, 0) is 5.41 Å². The molecule has 5 nitrogen and oxygen atoms in total. The number of rotatable bonds is 7. The maximum atomic E-state index is 14.0. The van der Waals surface area contributed by atoms with Gasteiger partial charge in [-0.1, -0.05) is 32.0 Å². The van der Waals surface area contributed by atoms with Crippen LogP contribution in [0.25, 0.3) is 0 Å². The Labute approximate surface area is 159 Å². The number of likely N-dealkylation sites (tertiary alicyclic amines) is 1. The lowest BCUT2D eigenvalue weighted by Crippen LogP contribution is -2.45. The lowest BCUT2D eigenvalue weighted by molar-refractivity contribution is 0.202. The third-order valence-corrected chi connectivity index (χ3v) is 5.20.